The molecule has 3 bridgehead atoms. The predicted molar refractivity (Wildman–Crippen MR) is 36.7 cm³/mol. The maximum Gasteiger partial charge on any atom is 0.157 e. The molecule has 0 N–H and O–H groups in total. The van der Waals surface area contributed by atoms with Crippen molar-refractivity contribution in [1.29, 1.82) is 0 Å². The topological polar surface area (TPSA) is 25.3 Å². The van der Waals surface area contributed by atoms with Gasteiger partial charge in [0.15, 0.2) is 11.6 Å². The average Bonchev–Trinajstić information content (AvgIpc) is 2.05. The Kier molecular flexibility index (Phi) is 0.682. The van der Waals surface area contributed by atoms with Crippen LogP contribution in [-0.2, 0) is 0 Å². The smallest absolute Gasteiger partial charge is 0.157 e. The molecule has 2 heteroatoms. The summed E-state index contributed by atoms with van der Waals surface area (Å²) >= 11 is 0. The van der Waals surface area contributed by atoms with E-state index in [2.05, 4.69) is 0 Å². The molecule has 6 rings (SSSR count). The quantitative estimate of drug-likeness (QED) is 0.453. The maximum absolute atomic E-state index is 9.54. The van der Waals surface area contributed by atoms with Crippen LogP contribution in [0, 0.1) is 5.92 Å². The van der Waals surface area contributed by atoms with E-state index in [1.54, 1.807) is 4.70 Å². The molecule has 10 heavy (non-hydrogen) atoms. The van der Waals surface area contributed by atoms with E-state index in [1.165, 1.54) is 32.1 Å². The van der Waals surface area contributed by atoms with Gasteiger partial charge in [0, 0.05) is 18.8 Å². The van der Waals surface area contributed by atoms with E-state index >= 15 is 0 Å². The summed E-state index contributed by atoms with van der Waals surface area (Å²) in [6, 6.07) is 0.558. The van der Waals surface area contributed by atoms with Crippen molar-refractivity contribution in [3.63, 3.8) is 0 Å². The Bertz CT molecular complexity index is 196. The Morgan fingerprint density at radius 3 is 2.20 bits per heavy atom. The highest BCUT2D eigenvalue weighted by Crippen LogP contribution is 2.56. The lowest BCUT2D eigenvalue weighted by molar-refractivity contribution is -0.754. The highest BCUT2D eigenvalue weighted by molar-refractivity contribution is 5.04. The van der Waals surface area contributed by atoms with Crippen LogP contribution in [0.15, 0.2) is 0 Å². The summed E-state index contributed by atoms with van der Waals surface area (Å²) in [4.78, 5) is 0. The molecule has 3 saturated heterocycles. The molecule has 0 radical (unpaired) electrons. The average molecular weight is 136 g/mol. The molecule has 3 aliphatic heterocycles. The summed E-state index contributed by atoms with van der Waals surface area (Å²) in [6.45, 7) is 0. The van der Waals surface area contributed by atoms with Crippen molar-refractivity contribution < 1.29 is 4.70 Å². The summed E-state index contributed by atoms with van der Waals surface area (Å²) in [5.41, 5.74) is 9.82. The molecule has 0 aromatic rings. The SMILES string of the molecule is [N-]=[N+]1C2CC13CCC2CC3. The van der Waals surface area contributed by atoms with Gasteiger partial charge in [-0.2, -0.15) is 0 Å². The van der Waals surface area contributed by atoms with Crippen molar-refractivity contribution >= 4 is 0 Å². The first kappa shape index (κ1) is 5.28. The zero-order valence-corrected chi connectivity index (χ0v) is 6.08. The minimum atomic E-state index is 0.277. The molecule has 0 aromatic heterocycles. The van der Waals surface area contributed by atoms with Crippen LogP contribution in [-0.4, -0.2) is 16.3 Å². The lowest BCUT2D eigenvalue weighted by atomic mass is 9.56. The zero-order chi connectivity index (χ0) is 6.77. The third kappa shape index (κ3) is 0.354. The van der Waals surface area contributed by atoms with Gasteiger partial charge in [0.25, 0.3) is 0 Å². The number of piperidine rings is 2. The minimum absolute atomic E-state index is 0.277. The van der Waals surface area contributed by atoms with Crippen LogP contribution in [0.2, 0.25) is 0 Å². The highest BCUT2D eigenvalue weighted by atomic mass is 15.3. The van der Waals surface area contributed by atoms with Crippen LogP contribution in [0.1, 0.15) is 32.1 Å². The van der Waals surface area contributed by atoms with Crippen molar-refractivity contribution in [1.82, 2.24) is 0 Å². The van der Waals surface area contributed by atoms with Gasteiger partial charge in [-0.15, -0.1) is 0 Å². The number of rotatable bonds is 0. The van der Waals surface area contributed by atoms with Gasteiger partial charge in [-0.3, -0.25) is 0 Å². The standard InChI is InChI=1S/C8H12N2/c9-10-7-5-8(10)3-1-6(7)2-4-8/h6-7H,1-5H2. The van der Waals surface area contributed by atoms with Crippen molar-refractivity contribution in [2.24, 2.45) is 5.92 Å². The molecule has 54 valence electrons. The van der Waals surface area contributed by atoms with Crippen molar-refractivity contribution in [3.05, 3.63) is 5.53 Å². The molecule has 0 aromatic carbocycles. The number of hydrogen-bond donors (Lipinski definition) is 0. The Morgan fingerprint density at radius 2 is 2.00 bits per heavy atom. The molecular formula is C8H12N2. The van der Waals surface area contributed by atoms with E-state index in [0.29, 0.717) is 6.04 Å². The molecule has 1 atom stereocenters. The van der Waals surface area contributed by atoms with E-state index in [1.807, 2.05) is 0 Å². The fourth-order valence-corrected chi connectivity index (χ4v) is 3.17. The highest BCUT2D eigenvalue weighted by Gasteiger charge is 2.64. The maximum atomic E-state index is 9.54. The second-order valence-corrected chi connectivity index (χ2v) is 4.18. The molecule has 3 saturated carbocycles. The zero-order valence-electron chi connectivity index (χ0n) is 6.08. The summed E-state index contributed by atoms with van der Waals surface area (Å²) in [6.07, 6.45) is 6.55. The molecule has 1 unspecified atom stereocenters. The van der Waals surface area contributed by atoms with Gasteiger partial charge in [-0.05, 0) is 12.8 Å². The van der Waals surface area contributed by atoms with Crippen LogP contribution < -0.4 is 0 Å². The van der Waals surface area contributed by atoms with Crippen molar-refractivity contribution in [3.8, 4) is 0 Å². The minimum Gasteiger partial charge on any atom is -0.506 e. The summed E-state index contributed by atoms with van der Waals surface area (Å²) in [5, 5.41) is 0. The number of nitrogens with zero attached hydrogens (tertiary/aromatic N) is 2. The van der Waals surface area contributed by atoms with E-state index in [0.717, 1.165) is 5.92 Å². The molecule has 2 nitrogen and oxygen atoms in total. The molecule has 6 aliphatic rings. The third-order valence-electron chi connectivity index (χ3n) is 3.89. The van der Waals surface area contributed by atoms with Gasteiger partial charge in [0.2, 0.25) is 0 Å². The lowest BCUT2D eigenvalue weighted by Crippen LogP contribution is -2.68. The Hall–Kier alpha value is -0.400. The molecule has 3 heterocycles. The van der Waals surface area contributed by atoms with E-state index in [4.69, 9.17) is 0 Å². The largest absolute Gasteiger partial charge is 0.506 e. The molecule has 3 aliphatic carbocycles. The first-order chi connectivity index (χ1) is 4.82. The summed E-state index contributed by atoms with van der Waals surface area (Å²) in [7, 11) is 0. The van der Waals surface area contributed by atoms with Gasteiger partial charge in [0.05, 0.1) is 6.42 Å². The predicted octanol–water partition coefficient (Wildman–Crippen LogP) is 1.74. The van der Waals surface area contributed by atoms with E-state index in [9.17, 15) is 5.53 Å². The Morgan fingerprint density at radius 1 is 1.30 bits per heavy atom. The molecule has 0 amide bonds. The second-order valence-electron chi connectivity index (χ2n) is 4.18. The van der Waals surface area contributed by atoms with E-state index < -0.39 is 0 Å². The van der Waals surface area contributed by atoms with E-state index in [-0.39, 0.29) is 5.54 Å². The second kappa shape index (κ2) is 1.29. The van der Waals surface area contributed by atoms with Crippen molar-refractivity contribution in [2.75, 3.05) is 0 Å². The monoisotopic (exact) mass is 136 g/mol. The molecule has 6 fully saturated rings. The normalized spacial score (nSPS) is 56.6. The van der Waals surface area contributed by atoms with Gasteiger partial charge < -0.3 is 10.2 Å². The molecule has 1 spiro atoms. The van der Waals surface area contributed by atoms with Gasteiger partial charge in [-0.25, -0.2) is 0 Å². The third-order valence-corrected chi connectivity index (χ3v) is 3.89. The van der Waals surface area contributed by atoms with Crippen LogP contribution in [0.5, 0.6) is 0 Å². The Balaban J connectivity index is 2.08. The lowest BCUT2D eigenvalue weighted by Gasteiger charge is -2.59. The van der Waals surface area contributed by atoms with Gasteiger partial charge in [-0.1, -0.05) is 0 Å². The molecular weight excluding hydrogens is 124 g/mol. The van der Waals surface area contributed by atoms with Crippen LogP contribution in [0.25, 0.3) is 5.53 Å². The first-order valence-electron chi connectivity index (χ1n) is 4.30. The van der Waals surface area contributed by atoms with Gasteiger partial charge >= 0.3 is 0 Å². The van der Waals surface area contributed by atoms with Gasteiger partial charge in [0.1, 0.15) is 0 Å². The first-order valence-corrected chi connectivity index (χ1v) is 4.30. The fourth-order valence-electron chi connectivity index (χ4n) is 3.17. The fraction of sp³-hybridized carbons (Fsp3) is 1.00. The van der Waals surface area contributed by atoms with Crippen LogP contribution in [0.3, 0.4) is 0 Å². The summed E-state index contributed by atoms with van der Waals surface area (Å²) in [5.74, 6) is 0.834. The van der Waals surface area contributed by atoms with Crippen LogP contribution in [0.4, 0.5) is 0 Å². The van der Waals surface area contributed by atoms with Crippen LogP contribution >= 0.6 is 0 Å². The summed E-state index contributed by atoms with van der Waals surface area (Å²) < 4.78 is 1.66. The van der Waals surface area contributed by atoms with Crippen molar-refractivity contribution in [2.45, 2.75) is 43.7 Å². The Labute approximate surface area is 60.7 Å². The number of hydrogen-bond acceptors (Lipinski definition) is 0.